The number of nitrogens with zero attached hydrogens (tertiary/aromatic N) is 4. The lowest BCUT2D eigenvalue weighted by Crippen LogP contribution is -2.21. The molecule has 37 heavy (non-hydrogen) atoms. The van der Waals surface area contributed by atoms with Crippen molar-refractivity contribution in [2.45, 2.75) is 19.8 Å². The van der Waals surface area contributed by atoms with Crippen molar-refractivity contribution in [1.29, 1.82) is 0 Å². The summed E-state index contributed by atoms with van der Waals surface area (Å²) in [5.41, 5.74) is 3.61. The molecule has 2 amide bonds. The van der Waals surface area contributed by atoms with Crippen LogP contribution in [-0.4, -0.2) is 31.0 Å². The highest BCUT2D eigenvalue weighted by molar-refractivity contribution is 5.99. The number of urea groups is 1. The van der Waals surface area contributed by atoms with Crippen molar-refractivity contribution in [2.75, 3.05) is 10.6 Å². The largest absolute Gasteiger partial charge is 0.457 e. The van der Waals surface area contributed by atoms with Crippen LogP contribution >= 0.6 is 0 Å². The second-order valence-electron chi connectivity index (χ2n) is 8.57. The van der Waals surface area contributed by atoms with Crippen LogP contribution in [0.25, 0.3) is 16.9 Å². The number of aromatic nitrogens is 5. The van der Waals surface area contributed by atoms with Crippen molar-refractivity contribution >= 4 is 17.5 Å². The van der Waals surface area contributed by atoms with Crippen LogP contribution in [0.3, 0.4) is 0 Å². The number of anilines is 2. The number of ether oxygens (including phenoxy) is 1. The number of carbonyl (C=O) groups excluding carboxylic acids is 1. The van der Waals surface area contributed by atoms with Gasteiger partial charge in [-0.2, -0.15) is 10.2 Å². The van der Waals surface area contributed by atoms with E-state index in [2.05, 4.69) is 30.9 Å². The first-order valence-corrected chi connectivity index (χ1v) is 11.6. The number of amides is 2. The number of rotatable bonds is 7. The highest BCUT2D eigenvalue weighted by Gasteiger charge is 2.15. The molecule has 5 rings (SSSR count). The number of nitrogens with one attached hydrogen (secondary N) is 3. The lowest BCUT2D eigenvalue weighted by Gasteiger charge is -2.11. The Morgan fingerprint density at radius 1 is 1.00 bits per heavy atom. The van der Waals surface area contributed by atoms with Gasteiger partial charge in [-0.1, -0.05) is 13.8 Å². The van der Waals surface area contributed by atoms with Crippen LogP contribution in [0.5, 0.6) is 11.5 Å². The number of benzene rings is 2. The molecule has 0 spiro atoms. The molecule has 9 nitrogen and oxygen atoms in total. The number of aromatic amines is 1. The van der Waals surface area contributed by atoms with Crippen LogP contribution in [0.1, 0.15) is 25.5 Å². The summed E-state index contributed by atoms with van der Waals surface area (Å²) >= 11 is 0. The summed E-state index contributed by atoms with van der Waals surface area (Å²) in [5.74, 6) is 1.50. The van der Waals surface area contributed by atoms with Crippen molar-refractivity contribution in [3.05, 3.63) is 96.8 Å². The van der Waals surface area contributed by atoms with E-state index in [9.17, 15) is 9.18 Å². The molecule has 0 unspecified atom stereocenters. The fraction of sp³-hybridized carbons (Fsp3) is 0.111. The first-order valence-electron chi connectivity index (χ1n) is 11.6. The molecule has 0 radical (unpaired) electrons. The summed E-state index contributed by atoms with van der Waals surface area (Å²) in [4.78, 5) is 17.1. The van der Waals surface area contributed by atoms with Gasteiger partial charge in [-0.15, -0.1) is 0 Å². The Morgan fingerprint density at radius 3 is 2.49 bits per heavy atom. The van der Waals surface area contributed by atoms with Gasteiger partial charge >= 0.3 is 6.03 Å². The first kappa shape index (κ1) is 23.7. The number of hydrogen-bond acceptors (Lipinski definition) is 5. The van der Waals surface area contributed by atoms with Crippen LogP contribution < -0.4 is 15.4 Å². The van der Waals surface area contributed by atoms with E-state index in [1.807, 2.05) is 19.9 Å². The Labute approximate surface area is 212 Å². The summed E-state index contributed by atoms with van der Waals surface area (Å²) < 4.78 is 20.9. The molecule has 3 aromatic heterocycles. The predicted octanol–water partition coefficient (Wildman–Crippen LogP) is 6.36. The minimum absolute atomic E-state index is 0.147. The van der Waals surface area contributed by atoms with Gasteiger partial charge in [0.05, 0.1) is 23.3 Å². The van der Waals surface area contributed by atoms with Gasteiger partial charge < -0.3 is 10.1 Å². The molecule has 3 heterocycles. The van der Waals surface area contributed by atoms with Gasteiger partial charge in [0.25, 0.3) is 0 Å². The SMILES string of the molecule is CC(C)c1cc(NC(=O)Nc2ccc(Oc3ccnc(-c4cn[nH]c4)c3)cc2)n(-c2ccc(F)cc2)n1. The van der Waals surface area contributed by atoms with E-state index in [1.165, 1.54) is 12.1 Å². The quantitative estimate of drug-likeness (QED) is 0.242. The van der Waals surface area contributed by atoms with Gasteiger partial charge in [-0.05, 0) is 60.5 Å². The molecule has 186 valence electrons. The van der Waals surface area contributed by atoms with Crippen molar-refractivity contribution in [1.82, 2.24) is 25.0 Å². The fourth-order valence-electron chi connectivity index (χ4n) is 3.59. The molecule has 0 aliphatic rings. The van der Waals surface area contributed by atoms with Gasteiger partial charge in [0.15, 0.2) is 0 Å². The standard InChI is InChI=1S/C27H24FN7O2/c1-17(2)24-14-26(35(34-24)21-7-3-19(28)4-8-21)33-27(36)32-20-5-9-22(10-6-20)37-23-11-12-29-25(13-23)18-15-30-31-16-18/h3-17H,1-2H3,(H,30,31)(H2,32,33,36). The minimum atomic E-state index is -0.439. The number of carbonyl (C=O) groups is 1. The van der Waals surface area contributed by atoms with Gasteiger partial charge in [0.1, 0.15) is 23.1 Å². The number of pyridine rings is 1. The molecule has 0 saturated heterocycles. The van der Waals surface area contributed by atoms with E-state index in [-0.39, 0.29) is 11.7 Å². The molecule has 0 bridgehead atoms. The molecule has 0 atom stereocenters. The Kier molecular flexibility index (Phi) is 6.62. The van der Waals surface area contributed by atoms with E-state index < -0.39 is 6.03 Å². The molecule has 2 aromatic carbocycles. The Bertz CT molecular complexity index is 1500. The molecular formula is C27H24FN7O2. The second-order valence-corrected chi connectivity index (χ2v) is 8.57. The third-order valence-electron chi connectivity index (χ3n) is 5.51. The van der Waals surface area contributed by atoms with Crippen LogP contribution in [0.2, 0.25) is 0 Å². The van der Waals surface area contributed by atoms with Crippen molar-refractivity contribution < 1.29 is 13.9 Å². The molecule has 0 aliphatic heterocycles. The zero-order chi connectivity index (χ0) is 25.8. The first-order chi connectivity index (χ1) is 17.9. The number of hydrogen-bond donors (Lipinski definition) is 3. The molecule has 0 saturated carbocycles. The summed E-state index contributed by atoms with van der Waals surface area (Å²) in [6.07, 6.45) is 5.11. The lowest BCUT2D eigenvalue weighted by atomic mass is 10.1. The molecule has 5 aromatic rings. The van der Waals surface area contributed by atoms with Crippen molar-refractivity contribution in [3.8, 4) is 28.4 Å². The highest BCUT2D eigenvalue weighted by Crippen LogP contribution is 2.27. The third-order valence-corrected chi connectivity index (χ3v) is 5.51. The van der Waals surface area contributed by atoms with Crippen LogP contribution in [0, 0.1) is 5.82 Å². The second kappa shape index (κ2) is 10.3. The van der Waals surface area contributed by atoms with Crippen LogP contribution in [0.15, 0.2) is 85.3 Å². The summed E-state index contributed by atoms with van der Waals surface area (Å²) in [7, 11) is 0. The van der Waals surface area contributed by atoms with Crippen molar-refractivity contribution in [2.24, 2.45) is 0 Å². The van der Waals surface area contributed by atoms with Crippen LogP contribution in [-0.2, 0) is 0 Å². The van der Waals surface area contributed by atoms with Gasteiger partial charge in [0.2, 0.25) is 0 Å². The summed E-state index contributed by atoms with van der Waals surface area (Å²) in [6, 6.07) is 17.9. The zero-order valence-corrected chi connectivity index (χ0v) is 20.1. The van der Waals surface area contributed by atoms with E-state index in [1.54, 1.807) is 71.8 Å². The lowest BCUT2D eigenvalue weighted by molar-refractivity contribution is 0.262. The maximum atomic E-state index is 13.4. The van der Waals surface area contributed by atoms with Gasteiger partial charge in [0, 0.05) is 35.8 Å². The smallest absolute Gasteiger partial charge is 0.324 e. The summed E-state index contributed by atoms with van der Waals surface area (Å²) in [6.45, 7) is 4.02. The Hall–Kier alpha value is -4.99. The zero-order valence-electron chi connectivity index (χ0n) is 20.1. The topological polar surface area (TPSA) is 110 Å². The maximum Gasteiger partial charge on any atom is 0.324 e. The molecule has 0 aliphatic carbocycles. The number of H-pyrrole nitrogens is 1. The van der Waals surface area contributed by atoms with E-state index in [0.29, 0.717) is 28.7 Å². The molecular weight excluding hydrogens is 473 g/mol. The van der Waals surface area contributed by atoms with E-state index in [4.69, 9.17) is 4.74 Å². The van der Waals surface area contributed by atoms with Crippen LogP contribution in [0.4, 0.5) is 20.7 Å². The predicted molar refractivity (Wildman–Crippen MR) is 139 cm³/mol. The highest BCUT2D eigenvalue weighted by atomic mass is 19.1. The summed E-state index contributed by atoms with van der Waals surface area (Å²) in [5, 5.41) is 16.9. The Balaban J connectivity index is 1.26. The average molecular weight is 498 g/mol. The third kappa shape index (κ3) is 5.64. The normalized spacial score (nSPS) is 10.9. The van der Waals surface area contributed by atoms with Crippen molar-refractivity contribution in [3.63, 3.8) is 0 Å². The van der Waals surface area contributed by atoms with Gasteiger partial charge in [-0.25, -0.2) is 13.9 Å². The maximum absolute atomic E-state index is 13.4. The molecule has 3 N–H and O–H groups in total. The van der Waals surface area contributed by atoms with E-state index >= 15 is 0 Å². The monoisotopic (exact) mass is 497 g/mol. The molecule has 10 heteroatoms. The average Bonchev–Trinajstić information content (AvgIpc) is 3.57. The van der Waals surface area contributed by atoms with E-state index in [0.717, 1.165) is 17.0 Å². The number of halogens is 1. The fourth-order valence-corrected chi connectivity index (χ4v) is 3.59. The molecule has 0 fully saturated rings. The van der Waals surface area contributed by atoms with Gasteiger partial charge in [-0.3, -0.25) is 15.4 Å². The Morgan fingerprint density at radius 2 is 1.78 bits per heavy atom. The minimum Gasteiger partial charge on any atom is -0.457 e.